The van der Waals surface area contributed by atoms with E-state index in [1.165, 1.54) is 18.2 Å². The largest absolute Gasteiger partial charge is 0.387 e. The maximum absolute atomic E-state index is 13.0. The standard InChI is InChI=1S/C9H11FNO2/c10-8-3-1-2-6(7(8)5-12)9(13)4-11/h1-3,9,13H,4-5,11H2. The highest BCUT2D eigenvalue weighted by atomic mass is 19.1. The van der Waals surface area contributed by atoms with Crippen LogP contribution in [0, 0.1) is 5.82 Å². The Kier molecular flexibility index (Phi) is 3.36. The molecule has 0 amide bonds. The fourth-order valence-electron chi connectivity index (χ4n) is 1.17. The quantitative estimate of drug-likeness (QED) is 0.727. The Labute approximate surface area is 75.6 Å². The van der Waals surface area contributed by atoms with Crippen LogP contribution in [0.2, 0.25) is 0 Å². The van der Waals surface area contributed by atoms with Crippen LogP contribution in [0.25, 0.3) is 0 Å². The van der Waals surface area contributed by atoms with Gasteiger partial charge in [-0.25, -0.2) is 9.50 Å². The van der Waals surface area contributed by atoms with Crippen molar-refractivity contribution in [1.29, 1.82) is 0 Å². The number of nitrogens with two attached hydrogens (primary N) is 1. The summed E-state index contributed by atoms with van der Waals surface area (Å²) in [6, 6.07) is 4.15. The van der Waals surface area contributed by atoms with Crippen molar-refractivity contribution < 1.29 is 14.6 Å². The second-order valence-electron chi connectivity index (χ2n) is 2.70. The first-order chi connectivity index (χ1) is 6.20. The minimum atomic E-state index is -0.959. The van der Waals surface area contributed by atoms with E-state index in [2.05, 4.69) is 0 Å². The van der Waals surface area contributed by atoms with E-state index in [0.29, 0.717) is 0 Å². The second kappa shape index (κ2) is 4.32. The first-order valence-electron chi connectivity index (χ1n) is 3.94. The maximum atomic E-state index is 13.0. The number of aliphatic hydroxyl groups is 1. The first-order valence-corrected chi connectivity index (χ1v) is 3.94. The van der Waals surface area contributed by atoms with Gasteiger partial charge in [0, 0.05) is 12.1 Å². The summed E-state index contributed by atoms with van der Waals surface area (Å²) in [5.74, 6) is -0.583. The highest BCUT2D eigenvalue weighted by Crippen LogP contribution is 2.20. The molecule has 1 unspecified atom stereocenters. The Bertz CT molecular complexity index is 291. The molecular weight excluding hydrogens is 173 g/mol. The van der Waals surface area contributed by atoms with Crippen LogP contribution in [-0.4, -0.2) is 11.7 Å². The van der Waals surface area contributed by atoms with Gasteiger partial charge in [-0.3, -0.25) is 0 Å². The molecule has 1 rings (SSSR count). The number of rotatable bonds is 3. The van der Waals surface area contributed by atoms with Gasteiger partial charge in [0.05, 0.1) is 6.10 Å². The third kappa shape index (κ3) is 2.03. The molecule has 1 radical (unpaired) electrons. The maximum Gasteiger partial charge on any atom is 0.129 e. The third-order valence-electron chi connectivity index (χ3n) is 1.88. The molecule has 0 saturated carbocycles. The van der Waals surface area contributed by atoms with E-state index in [1.807, 2.05) is 0 Å². The molecule has 0 aliphatic heterocycles. The number of benzene rings is 1. The van der Waals surface area contributed by atoms with Crippen molar-refractivity contribution in [3.05, 3.63) is 35.1 Å². The van der Waals surface area contributed by atoms with Crippen molar-refractivity contribution in [1.82, 2.24) is 0 Å². The molecule has 1 atom stereocenters. The van der Waals surface area contributed by atoms with Crippen LogP contribution in [0.1, 0.15) is 17.2 Å². The number of hydrogen-bond donors (Lipinski definition) is 2. The van der Waals surface area contributed by atoms with Gasteiger partial charge in [-0.2, -0.15) is 0 Å². The zero-order valence-corrected chi connectivity index (χ0v) is 7.03. The molecule has 0 bridgehead atoms. The lowest BCUT2D eigenvalue weighted by molar-refractivity contribution is 0.157. The van der Waals surface area contributed by atoms with Gasteiger partial charge in [-0.15, -0.1) is 0 Å². The van der Waals surface area contributed by atoms with Crippen molar-refractivity contribution in [3.8, 4) is 0 Å². The van der Waals surface area contributed by atoms with Crippen LogP contribution in [0.4, 0.5) is 4.39 Å². The number of halogens is 1. The Morgan fingerprint density at radius 1 is 1.54 bits per heavy atom. The van der Waals surface area contributed by atoms with E-state index < -0.39 is 18.5 Å². The highest BCUT2D eigenvalue weighted by Gasteiger charge is 2.13. The van der Waals surface area contributed by atoms with Crippen LogP contribution < -0.4 is 5.73 Å². The average Bonchev–Trinajstić information content (AvgIpc) is 2.16. The molecule has 1 aromatic carbocycles. The molecule has 0 fully saturated rings. The number of aliphatic hydroxyl groups excluding tert-OH is 1. The smallest absolute Gasteiger partial charge is 0.129 e. The molecule has 3 N–H and O–H groups in total. The summed E-state index contributed by atoms with van der Waals surface area (Å²) in [6.45, 7) is -0.699. The molecule has 0 aliphatic rings. The van der Waals surface area contributed by atoms with Crippen LogP contribution in [0.15, 0.2) is 18.2 Å². The predicted octanol–water partition coefficient (Wildman–Crippen LogP) is 0.748. The van der Waals surface area contributed by atoms with Crippen LogP contribution in [-0.2, 0) is 11.7 Å². The fraction of sp³-hybridized carbons (Fsp3) is 0.333. The summed E-state index contributed by atoms with van der Waals surface area (Å²) in [6.07, 6.45) is -0.959. The van der Waals surface area contributed by atoms with Crippen LogP contribution >= 0.6 is 0 Å². The monoisotopic (exact) mass is 184 g/mol. The van der Waals surface area contributed by atoms with E-state index in [-0.39, 0.29) is 17.7 Å². The summed E-state index contributed by atoms with van der Waals surface area (Å²) >= 11 is 0. The SMILES string of the molecule is NCC(O)c1cccc(F)c1C[O]. The van der Waals surface area contributed by atoms with E-state index in [1.54, 1.807) is 0 Å². The minimum Gasteiger partial charge on any atom is -0.387 e. The lowest BCUT2D eigenvalue weighted by Gasteiger charge is -2.12. The molecule has 0 aliphatic carbocycles. The minimum absolute atomic E-state index is 0.000417. The number of hydrogen-bond acceptors (Lipinski definition) is 2. The normalized spacial score (nSPS) is 12.9. The highest BCUT2D eigenvalue weighted by molar-refractivity contribution is 5.30. The van der Waals surface area contributed by atoms with E-state index in [0.717, 1.165) is 0 Å². The zero-order chi connectivity index (χ0) is 9.84. The van der Waals surface area contributed by atoms with Gasteiger partial charge in [-0.05, 0) is 11.6 Å². The van der Waals surface area contributed by atoms with E-state index >= 15 is 0 Å². The van der Waals surface area contributed by atoms with E-state index in [4.69, 9.17) is 5.73 Å². The summed E-state index contributed by atoms with van der Waals surface area (Å²) in [7, 11) is 0. The molecule has 0 heterocycles. The summed E-state index contributed by atoms with van der Waals surface area (Å²) in [5.41, 5.74) is 5.49. The predicted molar refractivity (Wildman–Crippen MR) is 44.8 cm³/mol. The second-order valence-corrected chi connectivity index (χ2v) is 2.70. The molecule has 3 nitrogen and oxygen atoms in total. The Morgan fingerprint density at radius 2 is 2.23 bits per heavy atom. The van der Waals surface area contributed by atoms with Gasteiger partial charge in [0.1, 0.15) is 12.4 Å². The third-order valence-corrected chi connectivity index (χ3v) is 1.88. The summed E-state index contributed by atoms with van der Waals surface area (Å²) < 4.78 is 13.0. The fourth-order valence-corrected chi connectivity index (χ4v) is 1.17. The van der Waals surface area contributed by atoms with Crippen LogP contribution in [0.3, 0.4) is 0 Å². The average molecular weight is 184 g/mol. The molecule has 1 aromatic rings. The van der Waals surface area contributed by atoms with Crippen molar-refractivity contribution in [2.75, 3.05) is 6.54 Å². The Morgan fingerprint density at radius 3 is 2.77 bits per heavy atom. The molecule has 71 valence electrons. The lowest BCUT2D eigenvalue weighted by Crippen LogP contribution is -2.14. The van der Waals surface area contributed by atoms with Gasteiger partial charge in [-0.1, -0.05) is 12.1 Å². The van der Waals surface area contributed by atoms with Gasteiger partial charge < -0.3 is 10.8 Å². The first kappa shape index (κ1) is 10.1. The van der Waals surface area contributed by atoms with Crippen molar-refractivity contribution in [2.45, 2.75) is 12.7 Å². The van der Waals surface area contributed by atoms with Gasteiger partial charge in [0.15, 0.2) is 0 Å². The van der Waals surface area contributed by atoms with Gasteiger partial charge >= 0.3 is 0 Å². The van der Waals surface area contributed by atoms with Crippen molar-refractivity contribution in [3.63, 3.8) is 0 Å². The summed E-state index contributed by atoms with van der Waals surface area (Å²) in [5, 5.41) is 19.9. The molecule has 13 heavy (non-hydrogen) atoms. The van der Waals surface area contributed by atoms with Gasteiger partial charge in [0.25, 0.3) is 0 Å². The Balaban J connectivity index is 3.12. The lowest BCUT2D eigenvalue weighted by atomic mass is 10.0. The van der Waals surface area contributed by atoms with Crippen LogP contribution in [0.5, 0.6) is 0 Å². The zero-order valence-electron chi connectivity index (χ0n) is 7.03. The summed E-state index contributed by atoms with van der Waals surface area (Å²) in [4.78, 5) is 0. The Hall–Kier alpha value is -0.970. The van der Waals surface area contributed by atoms with Gasteiger partial charge in [0.2, 0.25) is 0 Å². The molecular formula is C9H11FNO2. The van der Waals surface area contributed by atoms with Crippen molar-refractivity contribution in [2.24, 2.45) is 5.73 Å². The molecule has 0 saturated heterocycles. The topological polar surface area (TPSA) is 66.2 Å². The van der Waals surface area contributed by atoms with E-state index in [9.17, 15) is 14.6 Å². The molecule has 0 spiro atoms. The molecule has 0 aromatic heterocycles. The van der Waals surface area contributed by atoms with Crippen molar-refractivity contribution >= 4 is 0 Å². The molecule has 4 heteroatoms.